The molecule has 38 heavy (non-hydrogen) atoms. The number of H-pyrrole nitrogens is 1. The van der Waals surface area contributed by atoms with Crippen LogP contribution in [0.15, 0.2) is 42.6 Å². The number of ether oxygens (including phenoxy) is 1. The minimum absolute atomic E-state index is 0.0239. The summed E-state index contributed by atoms with van der Waals surface area (Å²) in [5.41, 5.74) is 5.28. The van der Waals surface area contributed by atoms with Crippen LogP contribution in [0.25, 0.3) is 10.9 Å². The second kappa shape index (κ2) is 9.08. The highest BCUT2D eigenvalue weighted by Crippen LogP contribution is 2.34. The van der Waals surface area contributed by atoms with E-state index < -0.39 is 11.9 Å². The van der Waals surface area contributed by atoms with Gasteiger partial charge in [0.15, 0.2) is 24.9 Å². The molecule has 1 aromatic heterocycles. The fourth-order valence-corrected chi connectivity index (χ4v) is 6.50. The van der Waals surface area contributed by atoms with E-state index in [0.717, 1.165) is 49.2 Å². The lowest BCUT2D eigenvalue weighted by Gasteiger charge is -2.31. The molecule has 4 heterocycles. The molecule has 4 aliphatic rings. The third-order valence-electron chi connectivity index (χ3n) is 8.54. The van der Waals surface area contributed by atoms with Crippen molar-refractivity contribution in [2.45, 2.75) is 63.1 Å². The Morgan fingerprint density at radius 1 is 1.03 bits per heavy atom. The molecule has 0 bridgehead atoms. The molecule has 0 radical (unpaired) electrons. The summed E-state index contributed by atoms with van der Waals surface area (Å²) in [7, 11) is 0. The first-order valence-corrected chi connectivity index (χ1v) is 13.5. The number of piperidine rings is 1. The summed E-state index contributed by atoms with van der Waals surface area (Å²) in [6.45, 7) is 2.32. The predicted octanol–water partition coefficient (Wildman–Crippen LogP) is 2.90. The van der Waals surface area contributed by atoms with Gasteiger partial charge in [-0.3, -0.25) is 24.8 Å². The number of nitrogens with one attached hydrogen (secondary N) is 2. The van der Waals surface area contributed by atoms with Gasteiger partial charge in [-0.05, 0) is 61.1 Å². The molecule has 0 spiro atoms. The standard InChI is InChI=1S/C29H29N5O4/c35-27-11-10-25(28(36)31-27)34-16-17-12-19(8-9-21(17)29(34)37)38-26-7-2-1-6-24(26)33-14-18(15-33)20-4-3-5-23-22(20)13-30-32-23/h3-5,8-9,12-13,18,25-26H,1-2,6-7,10-11,14-16H2,(H-,30,31,32,35,36)/p+1/t18?,25?,26-/m0/s1. The lowest BCUT2D eigenvalue weighted by atomic mass is 9.87. The molecule has 1 aliphatic carbocycles. The SMILES string of the molecule is O=C1CCC(N2Cc3cc(O[C@H]4CCCCC4=[N+]4CC(c5cccc6[nH]ncc56)C4)ccc3C2=O)C(=O)N1. The number of rotatable bonds is 4. The summed E-state index contributed by atoms with van der Waals surface area (Å²) in [5.74, 6) is 0.405. The number of hydrogen-bond acceptors (Lipinski definition) is 5. The third-order valence-corrected chi connectivity index (χ3v) is 8.54. The van der Waals surface area contributed by atoms with Crippen LogP contribution in [0.5, 0.6) is 5.75 Å². The average Bonchev–Trinajstić information content (AvgIpc) is 3.49. The fourth-order valence-electron chi connectivity index (χ4n) is 6.50. The van der Waals surface area contributed by atoms with Crippen molar-refractivity contribution in [2.24, 2.45) is 0 Å². The first-order valence-electron chi connectivity index (χ1n) is 13.5. The lowest BCUT2D eigenvalue weighted by Crippen LogP contribution is -2.52. The zero-order valence-electron chi connectivity index (χ0n) is 21.1. The Kier molecular flexibility index (Phi) is 5.52. The number of nitrogens with zero attached hydrogens (tertiary/aromatic N) is 3. The smallest absolute Gasteiger partial charge is 0.255 e. The third kappa shape index (κ3) is 3.88. The molecule has 9 nitrogen and oxygen atoms in total. The Balaban J connectivity index is 1.07. The Morgan fingerprint density at radius 2 is 1.92 bits per heavy atom. The summed E-state index contributed by atoms with van der Waals surface area (Å²) in [4.78, 5) is 38.5. The predicted molar refractivity (Wildman–Crippen MR) is 139 cm³/mol. The van der Waals surface area contributed by atoms with Gasteiger partial charge in [0.1, 0.15) is 17.7 Å². The van der Waals surface area contributed by atoms with E-state index in [1.807, 2.05) is 24.4 Å². The molecule has 3 fully saturated rings. The Labute approximate surface area is 219 Å². The number of fused-ring (bicyclic) bond motifs is 2. The number of carbonyl (C=O) groups excluding carboxylic acids is 3. The van der Waals surface area contributed by atoms with Gasteiger partial charge < -0.3 is 9.64 Å². The Morgan fingerprint density at radius 3 is 2.79 bits per heavy atom. The van der Waals surface area contributed by atoms with E-state index in [4.69, 9.17) is 4.74 Å². The van der Waals surface area contributed by atoms with Gasteiger partial charge >= 0.3 is 0 Å². The molecule has 7 rings (SSSR count). The van der Waals surface area contributed by atoms with E-state index in [0.29, 0.717) is 24.4 Å². The van der Waals surface area contributed by atoms with E-state index in [1.165, 1.54) is 23.1 Å². The molecule has 9 heteroatoms. The number of carbonyl (C=O) groups is 3. The quantitative estimate of drug-likeness (QED) is 0.413. The van der Waals surface area contributed by atoms with Gasteiger partial charge in [0.05, 0.1) is 11.7 Å². The van der Waals surface area contributed by atoms with Crippen molar-refractivity contribution in [2.75, 3.05) is 13.1 Å². The van der Waals surface area contributed by atoms with Gasteiger partial charge in [-0.15, -0.1) is 0 Å². The van der Waals surface area contributed by atoms with E-state index in [-0.39, 0.29) is 24.3 Å². The van der Waals surface area contributed by atoms with Crippen LogP contribution >= 0.6 is 0 Å². The van der Waals surface area contributed by atoms with Crippen molar-refractivity contribution < 1.29 is 23.7 Å². The molecule has 1 unspecified atom stereocenters. The number of benzene rings is 2. The van der Waals surface area contributed by atoms with Crippen molar-refractivity contribution in [3.05, 3.63) is 59.3 Å². The first kappa shape index (κ1) is 23.1. The number of aromatic amines is 1. The maximum atomic E-state index is 13.0. The van der Waals surface area contributed by atoms with Crippen molar-refractivity contribution in [3.63, 3.8) is 0 Å². The Hall–Kier alpha value is -4.01. The fraction of sp³-hybridized carbons (Fsp3) is 0.414. The molecule has 2 N–H and O–H groups in total. The highest BCUT2D eigenvalue weighted by molar-refractivity contribution is 6.05. The average molecular weight is 513 g/mol. The molecular formula is C29H30N5O4+. The van der Waals surface area contributed by atoms with Crippen LogP contribution in [-0.4, -0.2) is 68.3 Å². The molecular weight excluding hydrogens is 482 g/mol. The van der Waals surface area contributed by atoms with E-state index in [1.54, 1.807) is 4.90 Å². The first-order chi connectivity index (χ1) is 18.5. The van der Waals surface area contributed by atoms with Gasteiger partial charge in [-0.1, -0.05) is 12.1 Å². The second-order valence-electron chi connectivity index (χ2n) is 10.8. The zero-order valence-corrected chi connectivity index (χ0v) is 21.1. The van der Waals surface area contributed by atoms with E-state index in [2.05, 4.69) is 38.3 Å². The van der Waals surface area contributed by atoms with Crippen molar-refractivity contribution in [3.8, 4) is 5.75 Å². The van der Waals surface area contributed by atoms with E-state index >= 15 is 0 Å². The lowest BCUT2D eigenvalue weighted by molar-refractivity contribution is -0.595. The molecule has 3 aromatic rings. The monoisotopic (exact) mass is 512 g/mol. The van der Waals surface area contributed by atoms with Gasteiger partial charge in [0.25, 0.3) is 5.91 Å². The summed E-state index contributed by atoms with van der Waals surface area (Å²) in [6, 6.07) is 11.4. The molecule has 3 aliphatic heterocycles. The normalized spacial score (nSPS) is 25.4. The Bertz CT molecular complexity index is 1500. The highest BCUT2D eigenvalue weighted by Gasteiger charge is 2.41. The molecule has 2 saturated heterocycles. The number of aromatic nitrogens is 2. The van der Waals surface area contributed by atoms with Gasteiger partial charge in [0.2, 0.25) is 11.8 Å². The van der Waals surface area contributed by atoms with Crippen LogP contribution < -0.4 is 10.1 Å². The van der Waals surface area contributed by atoms with Crippen molar-refractivity contribution in [1.29, 1.82) is 0 Å². The van der Waals surface area contributed by atoms with Crippen LogP contribution in [0, 0.1) is 0 Å². The van der Waals surface area contributed by atoms with Crippen LogP contribution in [0.1, 0.15) is 65.9 Å². The highest BCUT2D eigenvalue weighted by atomic mass is 16.5. The summed E-state index contributed by atoms with van der Waals surface area (Å²) >= 11 is 0. The van der Waals surface area contributed by atoms with Crippen LogP contribution in [0.4, 0.5) is 0 Å². The maximum Gasteiger partial charge on any atom is 0.255 e. The molecule has 1 saturated carbocycles. The molecule has 194 valence electrons. The minimum atomic E-state index is -0.609. The minimum Gasteiger partial charge on any atom is -0.480 e. The van der Waals surface area contributed by atoms with Crippen LogP contribution in [0.3, 0.4) is 0 Å². The van der Waals surface area contributed by atoms with Gasteiger partial charge in [-0.2, -0.15) is 5.10 Å². The summed E-state index contributed by atoms with van der Waals surface area (Å²) in [5, 5.41) is 10.9. The number of hydrogen-bond donors (Lipinski definition) is 2. The van der Waals surface area contributed by atoms with Gasteiger partial charge in [-0.25, -0.2) is 4.58 Å². The van der Waals surface area contributed by atoms with Crippen molar-refractivity contribution >= 4 is 34.3 Å². The summed E-state index contributed by atoms with van der Waals surface area (Å²) in [6.07, 6.45) is 6.88. The zero-order chi connectivity index (χ0) is 25.8. The number of amides is 3. The van der Waals surface area contributed by atoms with Crippen LogP contribution in [-0.2, 0) is 16.1 Å². The van der Waals surface area contributed by atoms with Crippen LogP contribution in [0.2, 0.25) is 0 Å². The van der Waals surface area contributed by atoms with Gasteiger partial charge in [0, 0.05) is 30.3 Å². The molecule has 2 aromatic carbocycles. The van der Waals surface area contributed by atoms with Crippen molar-refractivity contribution in [1.82, 2.24) is 20.4 Å². The molecule has 2 atom stereocenters. The maximum absolute atomic E-state index is 13.0. The molecule has 3 amide bonds. The largest absolute Gasteiger partial charge is 0.480 e. The topological polar surface area (TPSA) is 107 Å². The second-order valence-corrected chi connectivity index (χ2v) is 10.8. The summed E-state index contributed by atoms with van der Waals surface area (Å²) < 4.78 is 9.03. The number of imide groups is 1. The van der Waals surface area contributed by atoms with E-state index in [9.17, 15) is 14.4 Å².